The Morgan fingerprint density at radius 1 is 0.902 bits per heavy atom. The number of aromatic nitrogens is 2. The standard InChI is InChI=1S/C41H60N6O4/c1-7-40(3,4)32-17-18-36(34(30-32)41(5,6)8-2)51-27-12-16-37(48)46-23-21-45(22-24-46)35-31-43-47(33-14-10-9-11-15-33)39(49)38(35)42-19-13-20-44-25-28-50-29-26-44/h9-11,14-15,17-18,30-31,42H,7-8,12-13,16,19-29H2,1-6H3. The maximum Gasteiger partial charge on any atom is 0.296 e. The Bertz CT molecular complexity index is 1620. The molecule has 3 aromatic rings. The SMILES string of the molecule is CCC(C)(C)c1ccc(OCCCC(=O)N2CCN(c3cnn(-c4ccccc4)c(=O)c3NCCCN3CCOCC3)CC2)c(C(C)(C)CC)c1. The summed E-state index contributed by atoms with van der Waals surface area (Å²) in [4.78, 5) is 33.7. The van der Waals surface area contributed by atoms with Gasteiger partial charge in [-0.25, -0.2) is 0 Å². The molecule has 2 aliphatic heterocycles. The molecule has 10 nitrogen and oxygen atoms in total. The topological polar surface area (TPSA) is 92.2 Å². The Morgan fingerprint density at radius 2 is 1.61 bits per heavy atom. The van der Waals surface area contributed by atoms with Gasteiger partial charge in [0, 0.05) is 57.8 Å². The smallest absolute Gasteiger partial charge is 0.296 e. The van der Waals surface area contributed by atoms with Crippen molar-refractivity contribution in [2.75, 3.05) is 82.4 Å². The number of hydrogen-bond acceptors (Lipinski definition) is 8. The van der Waals surface area contributed by atoms with Crippen molar-refractivity contribution in [3.05, 3.63) is 76.2 Å². The zero-order valence-corrected chi connectivity index (χ0v) is 31.9. The molecular weight excluding hydrogens is 640 g/mol. The summed E-state index contributed by atoms with van der Waals surface area (Å²) in [5.74, 6) is 1.07. The molecule has 0 atom stereocenters. The second-order valence-corrected chi connectivity index (χ2v) is 15.2. The number of amides is 1. The van der Waals surface area contributed by atoms with E-state index in [-0.39, 0.29) is 22.3 Å². The van der Waals surface area contributed by atoms with Crippen molar-refractivity contribution in [2.45, 2.75) is 84.5 Å². The Kier molecular flexibility index (Phi) is 13.2. The highest BCUT2D eigenvalue weighted by atomic mass is 16.5. The molecule has 2 saturated heterocycles. The van der Waals surface area contributed by atoms with Gasteiger partial charge >= 0.3 is 0 Å². The number of para-hydroxylation sites is 1. The molecule has 10 heteroatoms. The molecule has 5 rings (SSSR count). The maximum absolute atomic E-state index is 13.8. The van der Waals surface area contributed by atoms with Crippen molar-refractivity contribution >= 4 is 17.3 Å². The highest BCUT2D eigenvalue weighted by Crippen LogP contribution is 2.38. The average molecular weight is 701 g/mol. The fourth-order valence-corrected chi connectivity index (χ4v) is 6.71. The first kappa shape index (κ1) is 38.3. The third-order valence-electron chi connectivity index (χ3n) is 11.0. The largest absolute Gasteiger partial charge is 0.493 e. The lowest BCUT2D eigenvalue weighted by molar-refractivity contribution is -0.131. The van der Waals surface area contributed by atoms with Gasteiger partial charge in [-0.15, -0.1) is 0 Å². The summed E-state index contributed by atoms with van der Waals surface area (Å²) >= 11 is 0. The van der Waals surface area contributed by atoms with E-state index in [9.17, 15) is 9.59 Å². The van der Waals surface area contributed by atoms with E-state index in [1.165, 1.54) is 15.8 Å². The van der Waals surface area contributed by atoms with Crippen LogP contribution in [0.1, 0.15) is 84.8 Å². The molecular formula is C41H60N6O4. The highest BCUT2D eigenvalue weighted by Gasteiger charge is 2.28. The fraction of sp³-hybridized carbons (Fsp3) is 0.585. The van der Waals surface area contributed by atoms with E-state index in [2.05, 4.69) is 80.0 Å². The van der Waals surface area contributed by atoms with Gasteiger partial charge < -0.3 is 24.6 Å². The van der Waals surface area contributed by atoms with Crippen LogP contribution >= 0.6 is 0 Å². The van der Waals surface area contributed by atoms with Crippen LogP contribution in [0.25, 0.3) is 5.69 Å². The van der Waals surface area contributed by atoms with Crippen LogP contribution in [-0.2, 0) is 20.4 Å². The number of anilines is 2. The molecule has 1 N–H and O–H groups in total. The molecule has 0 aliphatic carbocycles. The summed E-state index contributed by atoms with van der Waals surface area (Å²) in [6.45, 7) is 21.6. The van der Waals surface area contributed by atoms with Crippen LogP contribution in [0.2, 0.25) is 0 Å². The lowest BCUT2D eigenvalue weighted by atomic mass is 9.76. The maximum atomic E-state index is 13.8. The van der Waals surface area contributed by atoms with Crippen molar-refractivity contribution in [3.8, 4) is 11.4 Å². The predicted molar refractivity (Wildman–Crippen MR) is 207 cm³/mol. The molecule has 0 spiro atoms. The summed E-state index contributed by atoms with van der Waals surface area (Å²) in [6, 6.07) is 16.2. The van der Waals surface area contributed by atoms with E-state index >= 15 is 0 Å². The van der Waals surface area contributed by atoms with Crippen LogP contribution in [0.3, 0.4) is 0 Å². The number of hydrogen-bond donors (Lipinski definition) is 1. The first-order chi connectivity index (χ1) is 24.5. The van der Waals surface area contributed by atoms with Gasteiger partial charge in [0.05, 0.1) is 37.4 Å². The van der Waals surface area contributed by atoms with Gasteiger partial charge in [0.2, 0.25) is 5.91 Å². The van der Waals surface area contributed by atoms with Crippen LogP contribution in [0, 0.1) is 0 Å². The molecule has 51 heavy (non-hydrogen) atoms. The Morgan fingerprint density at radius 3 is 2.29 bits per heavy atom. The molecule has 2 aliphatic rings. The molecule has 0 unspecified atom stereocenters. The molecule has 0 saturated carbocycles. The predicted octanol–water partition coefficient (Wildman–Crippen LogP) is 6.25. The third kappa shape index (κ3) is 9.71. The average Bonchev–Trinajstić information content (AvgIpc) is 3.16. The van der Waals surface area contributed by atoms with Gasteiger partial charge in [-0.05, 0) is 66.8 Å². The Balaban J connectivity index is 1.17. The third-order valence-corrected chi connectivity index (χ3v) is 11.0. The number of morpholine rings is 1. The van der Waals surface area contributed by atoms with Gasteiger partial charge in [0.1, 0.15) is 11.4 Å². The monoisotopic (exact) mass is 700 g/mol. The molecule has 3 heterocycles. The quantitative estimate of drug-likeness (QED) is 0.176. The van der Waals surface area contributed by atoms with E-state index < -0.39 is 0 Å². The minimum absolute atomic E-state index is 0.00805. The summed E-state index contributed by atoms with van der Waals surface area (Å²) < 4.78 is 13.3. The second kappa shape index (κ2) is 17.6. The summed E-state index contributed by atoms with van der Waals surface area (Å²) in [5, 5.41) is 8.04. The number of carbonyl (C=O) groups excluding carboxylic acids is 1. The first-order valence-electron chi connectivity index (χ1n) is 19.1. The molecule has 0 radical (unpaired) electrons. The minimum Gasteiger partial charge on any atom is -0.493 e. The second-order valence-electron chi connectivity index (χ2n) is 15.2. The van der Waals surface area contributed by atoms with Gasteiger partial charge in [-0.1, -0.05) is 71.9 Å². The van der Waals surface area contributed by atoms with Crippen molar-refractivity contribution in [1.82, 2.24) is 19.6 Å². The van der Waals surface area contributed by atoms with E-state index in [1.807, 2.05) is 35.2 Å². The van der Waals surface area contributed by atoms with Crippen molar-refractivity contribution in [2.24, 2.45) is 0 Å². The molecule has 1 aromatic heterocycles. The summed E-state index contributed by atoms with van der Waals surface area (Å²) in [7, 11) is 0. The summed E-state index contributed by atoms with van der Waals surface area (Å²) in [5.41, 5.74) is 4.58. The Hall–Kier alpha value is -3.89. The van der Waals surface area contributed by atoms with Gasteiger partial charge in [-0.2, -0.15) is 9.78 Å². The molecule has 2 fully saturated rings. The van der Waals surface area contributed by atoms with Gasteiger partial charge in [0.15, 0.2) is 0 Å². The fourth-order valence-electron chi connectivity index (χ4n) is 6.71. The molecule has 1 amide bonds. The lowest BCUT2D eigenvalue weighted by Crippen LogP contribution is -2.49. The highest BCUT2D eigenvalue weighted by molar-refractivity contribution is 5.77. The summed E-state index contributed by atoms with van der Waals surface area (Å²) in [6.07, 6.45) is 5.89. The number of benzene rings is 2. The number of rotatable bonds is 16. The van der Waals surface area contributed by atoms with Crippen LogP contribution in [0.4, 0.5) is 11.4 Å². The normalized spacial score (nSPS) is 16.0. The van der Waals surface area contributed by atoms with Crippen molar-refractivity contribution < 1.29 is 14.3 Å². The number of carbonyl (C=O) groups is 1. The molecule has 278 valence electrons. The molecule has 0 bridgehead atoms. The van der Waals surface area contributed by atoms with E-state index in [4.69, 9.17) is 9.47 Å². The van der Waals surface area contributed by atoms with Crippen LogP contribution in [0.15, 0.2) is 59.5 Å². The first-order valence-corrected chi connectivity index (χ1v) is 19.1. The minimum atomic E-state index is -0.169. The van der Waals surface area contributed by atoms with E-state index in [1.54, 1.807) is 6.20 Å². The van der Waals surface area contributed by atoms with E-state index in [0.29, 0.717) is 57.9 Å². The number of piperazine rings is 1. The van der Waals surface area contributed by atoms with Gasteiger partial charge in [0.25, 0.3) is 5.56 Å². The van der Waals surface area contributed by atoms with Crippen molar-refractivity contribution in [1.29, 1.82) is 0 Å². The van der Waals surface area contributed by atoms with Crippen LogP contribution in [-0.4, -0.2) is 97.7 Å². The zero-order chi connectivity index (χ0) is 36.4. The Labute approximate surface area is 305 Å². The van der Waals surface area contributed by atoms with Crippen LogP contribution in [0.5, 0.6) is 5.75 Å². The lowest BCUT2D eigenvalue weighted by Gasteiger charge is -2.36. The number of ether oxygens (including phenoxy) is 2. The van der Waals surface area contributed by atoms with Crippen LogP contribution < -0.4 is 20.5 Å². The van der Waals surface area contributed by atoms with Gasteiger partial charge in [-0.3, -0.25) is 14.5 Å². The molecule has 2 aromatic carbocycles. The van der Waals surface area contributed by atoms with Crippen molar-refractivity contribution in [3.63, 3.8) is 0 Å². The number of nitrogens with zero attached hydrogens (tertiary/aromatic N) is 5. The number of nitrogens with one attached hydrogen (secondary N) is 1. The zero-order valence-electron chi connectivity index (χ0n) is 31.9. The van der Waals surface area contributed by atoms with E-state index in [0.717, 1.165) is 69.2 Å².